The summed E-state index contributed by atoms with van der Waals surface area (Å²) < 4.78 is 0. The lowest BCUT2D eigenvalue weighted by Gasteiger charge is -2.03. The summed E-state index contributed by atoms with van der Waals surface area (Å²) in [6.45, 7) is 3.21. The molecule has 3 nitrogen and oxygen atoms in total. The summed E-state index contributed by atoms with van der Waals surface area (Å²) in [5.41, 5.74) is 0. The first-order valence-electron chi connectivity index (χ1n) is 5.44. The third kappa shape index (κ3) is 4.80. The van der Waals surface area contributed by atoms with Crippen molar-refractivity contribution in [3.63, 3.8) is 0 Å². The van der Waals surface area contributed by atoms with E-state index in [-0.39, 0.29) is 0 Å². The Labute approximate surface area is 86.0 Å². The number of nitrogens with one attached hydrogen (secondary N) is 1. The van der Waals surface area contributed by atoms with Crippen molar-refractivity contribution in [2.45, 2.75) is 39.0 Å². The molecule has 0 atom stereocenters. The summed E-state index contributed by atoms with van der Waals surface area (Å²) in [5.74, 6) is 0.739. The maximum atomic E-state index is 4.09. The van der Waals surface area contributed by atoms with Crippen molar-refractivity contribution in [2.75, 3.05) is 11.9 Å². The van der Waals surface area contributed by atoms with Crippen molar-refractivity contribution in [1.82, 2.24) is 9.97 Å². The standard InChI is InChI=1S/C11H19N3/c1-2-3-4-5-6-8-12-11-13-9-7-10-14-11/h7,9-10H,2-6,8H2,1H3,(H,12,13,14). The second kappa shape index (κ2) is 7.30. The average molecular weight is 193 g/mol. The Morgan fingerprint density at radius 2 is 1.79 bits per heavy atom. The molecule has 1 rings (SSSR count). The van der Waals surface area contributed by atoms with Crippen LogP contribution in [0.3, 0.4) is 0 Å². The first kappa shape index (κ1) is 11.0. The van der Waals surface area contributed by atoms with Crippen molar-refractivity contribution >= 4 is 5.95 Å². The van der Waals surface area contributed by atoms with E-state index < -0.39 is 0 Å². The minimum absolute atomic E-state index is 0.739. The molecule has 0 aliphatic rings. The largest absolute Gasteiger partial charge is 0.354 e. The zero-order valence-electron chi connectivity index (χ0n) is 8.87. The van der Waals surface area contributed by atoms with E-state index in [4.69, 9.17) is 0 Å². The summed E-state index contributed by atoms with van der Waals surface area (Å²) in [7, 11) is 0. The van der Waals surface area contributed by atoms with Crippen LogP contribution in [0.1, 0.15) is 39.0 Å². The zero-order valence-corrected chi connectivity index (χ0v) is 8.87. The molecule has 1 aromatic heterocycles. The van der Waals surface area contributed by atoms with Crippen molar-refractivity contribution < 1.29 is 0 Å². The molecule has 0 unspecified atom stereocenters. The molecule has 1 aromatic rings. The Balaban J connectivity index is 1.99. The predicted octanol–water partition coefficient (Wildman–Crippen LogP) is 2.86. The van der Waals surface area contributed by atoms with Gasteiger partial charge in [0.05, 0.1) is 0 Å². The number of rotatable bonds is 7. The second-order valence-electron chi connectivity index (χ2n) is 3.41. The Morgan fingerprint density at radius 3 is 2.50 bits per heavy atom. The van der Waals surface area contributed by atoms with Crippen LogP contribution >= 0.6 is 0 Å². The Kier molecular flexibility index (Phi) is 5.71. The van der Waals surface area contributed by atoms with Crippen LogP contribution in [0.25, 0.3) is 0 Å². The lowest BCUT2D eigenvalue weighted by atomic mass is 10.1. The van der Waals surface area contributed by atoms with Gasteiger partial charge in [0.1, 0.15) is 0 Å². The lowest BCUT2D eigenvalue weighted by molar-refractivity contribution is 0.644. The molecule has 3 heteroatoms. The molecule has 0 fully saturated rings. The fraction of sp³-hybridized carbons (Fsp3) is 0.636. The molecule has 0 saturated heterocycles. The van der Waals surface area contributed by atoms with Crippen LogP contribution in [-0.4, -0.2) is 16.5 Å². The van der Waals surface area contributed by atoms with Crippen LogP contribution in [0.5, 0.6) is 0 Å². The summed E-state index contributed by atoms with van der Waals surface area (Å²) in [6, 6.07) is 1.83. The van der Waals surface area contributed by atoms with Gasteiger partial charge in [-0.15, -0.1) is 0 Å². The number of hydrogen-bond acceptors (Lipinski definition) is 3. The van der Waals surface area contributed by atoms with Crippen molar-refractivity contribution in [1.29, 1.82) is 0 Å². The van der Waals surface area contributed by atoms with Gasteiger partial charge in [-0.1, -0.05) is 32.6 Å². The molecule has 0 saturated carbocycles. The topological polar surface area (TPSA) is 37.8 Å². The molecule has 0 aromatic carbocycles. The lowest BCUT2D eigenvalue weighted by Crippen LogP contribution is -2.04. The fourth-order valence-corrected chi connectivity index (χ4v) is 1.32. The van der Waals surface area contributed by atoms with Gasteiger partial charge in [-0.05, 0) is 12.5 Å². The minimum Gasteiger partial charge on any atom is -0.354 e. The molecule has 0 spiro atoms. The Bertz CT molecular complexity index is 223. The molecule has 0 aliphatic carbocycles. The quantitative estimate of drug-likeness (QED) is 0.677. The van der Waals surface area contributed by atoms with Gasteiger partial charge >= 0.3 is 0 Å². The minimum atomic E-state index is 0.739. The van der Waals surface area contributed by atoms with Crippen LogP contribution in [0.15, 0.2) is 18.5 Å². The van der Waals surface area contributed by atoms with E-state index in [9.17, 15) is 0 Å². The number of anilines is 1. The van der Waals surface area contributed by atoms with Crippen LogP contribution in [0.2, 0.25) is 0 Å². The van der Waals surface area contributed by atoms with E-state index in [1.54, 1.807) is 12.4 Å². The molecule has 14 heavy (non-hydrogen) atoms. The van der Waals surface area contributed by atoms with Crippen LogP contribution < -0.4 is 5.32 Å². The van der Waals surface area contributed by atoms with Gasteiger partial charge in [0.15, 0.2) is 0 Å². The van der Waals surface area contributed by atoms with Crippen LogP contribution in [0, 0.1) is 0 Å². The normalized spacial score (nSPS) is 10.1. The third-order valence-electron chi connectivity index (χ3n) is 2.13. The van der Waals surface area contributed by atoms with Crippen molar-refractivity contribution in [2.24, 2.45) is 0 Å². The number of hydrogen-bond donors (Lipinski definition) is 1. The summed E-state index contributed by atoms with van der Waals surface area (Å²) >= 11 is 0. The number of aromatic nitrogens is 2. The average Bonchev–Trinajstić information content (AvgIpc) is 2.25. The molecule has 1 heterocycles. The van der Waals surface area contributed by atoms with Gasteiger partial charge in [-0.2, -0.15) is 0 Å². The highest BCUT2D eigenvalue weighted by atomic mass is 15.1. The molecule has 78 valence electrons. The third-order valence-corrected chi connectivity index (χ3v) is 2.13. The monoisotopic (exact) mass is 193 g/mol. The summed E-state index contributed by atoms with van der Waals surface area (Å²) in [6.07, 6.45) is 10.0. The van der Waals surface area contributed by atoms with Gasteiger partial charge < -0.3 is 5.32 Å². The number of nitrogens with zero attached hydrogens (tertiary/aromatic N) is 2. The molecule has 1 N–H and O–H groups in total. The maximum absolute atomic E-state index is 4.09. The van der Waals surface area contributed by atoms with E-state index in [1.807, 2.05) is 6.07 Å². The van der Waals surface area contributed by atoms with E-state index in [0.29, 0.717) is 0 Å². The molecular formula is C11H19N3. The summed E-state index contributed by atoms with van der Waals surface area (Å²) in [5, 5.41) is 3.20. The van der Waals surface area contributed by atoms with Crippen molar-refractivity contribution in [3.05, 3.63) is 18.5 Å². The van der Waals surface area contributed by atoms with Gasteiger partial charge in [-0.3, -0.25) is 0 Å². The molecule has 0 radical (unpaired) electrons. The van der Waals surface area contributed by atoms with Gasteiger partial charge in [0.25, 0.3) is 0 Å². The van der Waals surface area contributed by atoms with E-state index in [0.717, 1.165) is 12.5 Å². The first-order valence-corrected chi connectivity index (χ1v) is 5.44. The zero-order chi connectivity index (χ0) is 10.1. The van der Waals surface area contributed by atoms with E-state index in [1.165, 1.54) is 32.1 Å². The predicted molar refractivity (Wildman–Crippen MR) is 59.3 cm³/mol. The van der Waals surface area contributed by atoms with E-state index >= 15 is 0 Å². The highest BCUT2D eigenvalue weighted by molar-refractivity contribution is 5.21. The second-order valence-corrected chi connectivity index (χ2v) is 3.41. The molecular weight excluding hydrogens is 174 g/mol. The Hall–Kier alpha value is -1.12. The van der Waals surface area contributed by atoms with Crippen LogP contribution in [-0.2, 0) is 0 Å². The van der Waals surface area contributed by atoms with Crippen molar-refractivity contribution in [3.8, 4) is 0 Å². The Morgan fingerprint density at radius 1 is 1.07 bits per heavy atom. The first-order chi connectivity index (χ1) is 6.93. The SMILES string of the molecule is CCCCCCCNc1ncccn1. The van der Waals surface area contributed by atoms with Gasteiger partial charge in [-0.25, -0.2) is 9.97 Å². The smallest absolute Gasteiger partial charge is 0.222 e. The molecule has 0 amide bonds. The maximum Gasteiger partial charge on any atom is 0.222 e. The molecule has 0 bridgehead atoms. The number of unbranched alkanes of at least 4 members (excludes halogenated alkanes) is 4. The highest BCUT2D eigenvalue weighted by Crippen LogP contribution is 2.02. The fourth-order valence-electron chi connectivity index (χ4n) is 1.32. The van der Waals surface area contributed by atoms with Crippen LogP contribution in [0.4, 0.5) is 5.95 Å². The van der Waals surface area contributed by atoms with Gasteiger partial charge in [0.2, 0.25) is 5.95 Å². The van der Waals surface area contributed by atoms with E-state index in [2.05, 4.69) is 22.2 Å². The molecule has 0 aliphatic heterocycles. The highest BCUT2D eigenvalue weighted by Gasteiger charge is 1.92. The summed E-state index contributed by atoms with van der Waals surface area (Å²) in [4.78, 5) is 8.18. The van der Waals surface area contributed by atoms with Gasteiger partial charge in [0, 0.05) is 18.9 Å².